The molecular formula is C19H37O. The number of hydrogen-bond acceptors (Lipinski definition) is 1. The molecule has 1 aliphatic rings. The highest BCUT2D eigenvalue weighted by Crippen LogP contribution is 2.24. The number of ether oxygens (including phenoxy) is 1. The molecule has 0 aromatic rings. The van der Waals surface area contributed by atoms with Gasteiger partial charge < -0.3 is 4.74 Å². The minimum atomic E-state index is 0.538. The first-order valence-corrected chi connectivity index (χ1v) is 9.30. The molecule has 0 aromatic carbocycles. The summed E-state index contributed by atoms with van der Waals surface area (Å²) < 4.78 is 5.64. The van der Waals surface area contributed by atoms with Gasteiger partial charge in [0.1, 0.15) is 0 Å². The zero-order valence-electron chi connectivity index (χ0n) is 14.0. The molecule has 0 spiro atoms. The molecule has 2 atom stereocenters. The Bertz CT molecular complexity index is 196. The average molecular weight is 282 g/mol. The Labute approximate surface area is 127 Å². The third kappa shape index (κ3) is 9.80. The zero-order chi connectivity index (χ0) is 14.5. The molecule has 0 aliphatic carbocycles. The molecule has 20 heavy (non-hydrogen) atoms. The van der Waals surface area contributed by atoms with Crippen molar-refractivity contribution in [2.24, 2.45) is 0 Å². The lowest BCUT2D eigenvalue weighted by Gasteiger charge is -2.33. The Hall–Kier alpha value is -0.0400. The van der Waals surface area contributed by atoms with Crippen LogP contribution in [0.25, 0.3) is 0 Å². The summed E-state index contributed by atoms with van der Waals surface area (Å²) in [4.78, 5) is 0. The first-order chi connectivity index (χ1) is 9.83. The molecule has 0 bridgehead atoms. The van der Waals surface area contributed by atoms with Crippen molar-refractivity contribution in [3.05, 3.63) is 6.42 Å². The van der Waals surface area contributed by atoms with E-state index in [-0.39, 0.29) is 0 Å². The van der Waals surface area contributed by atoms with Crippen LogP contribution in [0.2, 0.25) is 0 Å². The first-order valence-electron chi connectivity index (χ1n) is 9.30. The zero-order valence-corrected chi connectivity index (χ0v) is 14.0. The quantitative estimate of drug-likeness (QED) is 0.332. The van der Waals surface area contributed by atoms with Crippen molar-refractivity contribution < 1.29 is 4.74 Å². The molecule has 1 saturated heterocycles. The predicted octanol–water partition coefficient (Wildman–Crippen LogP) is 6.46. The number of rotatable bonds is 14. The lowest BCUT2D eigenvalue weighted by atomic mass is 9.99. The molecule has 1 radical (unpaired) electrons. The molecule has 0 saturated carbocycles. The van der Waals surface area contributed by atoms with Crippen LogP contribution >= 0.6 is 0 Å². The third-order valence-electron chi connectivity index (χ3n) is 4.47. The Morgan fingerprint density at radius 2 is 1.40 bits per heavy atom. The monoisotopic (exact) mass is 281 g/mol. The SMILES string of the molecule is CCCCCCCC[CH]CCCCCCC1CC(C)O1. The fourth-order valence-corrected chi connectivity index (χ4v) is 3.10. The van der Waals surface area contributed by atoms with Gasteiger partial charge in [-0.15, -0.1) is 0 Å². The summed E-state index contributed by atoms with van der Waals surface area (Å²) in [6.07, 6.45) is 23.1. The van der Waals surface area contributed by atoms with Gasteiger partial charge in [-0.2, -0.15) is 0 Å². The van der Waals surface area contributed by atoms with Crippen LogP contribution in [-0.4, -0.2) is 12.2 Å². The molecule has 0 amide bonds. The van der Waals surface area contributed by atoms with E-state index in [1.165, 1.54) is 89.9 Å². The van der Waals surface area contributed by atoms with E-state index in [4.69, 9.17) is 4.74 Å². The average Bonchev–Trinajstić information content (AvgIpc) is 2.41. The minimum Gasteiger partial charge on any atom is -0.375 e. The Morgan fingerprint density at radius 3 is 2.00 bits per heavy atom. The second kappa shape index (κ2) is 12.7. The van der Waals surface area contributed by atoms with Crippen LogP contribution in [0.1, 0.15) is 104 Å². The molecule has 1 aliphatic heterocycles. The Morgan fingerprint density at radius 1 is 0.850 bits per heavy atom. The standard InChI is InChI=1S/C19H37O/c1-3-4-5-6-7-8-9-10-11-12-13-14-15-16-19-17-18(2)20-19/h10,18-19H,3-9,11-17H2,1-2H3. The summed E-state index contributed by atoms with van der Waals surface area (Å²) in [5.41, 5.74) is 0. The predicted molar refractivity (Wildman–Crippen MR) is 88.9 cm³/mol. The van der Waals surface area contributed by atoms with Crippen LogP contribution in [0, 0.1) is 6.42 Å². The first kappa shape index (κ1) is 18.0. The molecule has 1 heteroatoms. The van der Waals surface area contributed by atoms with Crippen LogP contribution in [-0.2, 0) is 4.74 Å². The molecule has 1 heterocycles. The van der Waals surface area contributed by atoms with Crippen molar-refractivity contribution in [2.45, 2.75) is 116 Å². The van der Waals surface area contributed by atoms with Gasteiger partial charge in [0.25, 0.3) is 0 Å². The van der Waals surface area contributed by atoms with Gasteiger partial charge in [0.05, 0.1) is 12.2 Å². The van der Waals surface area contributed by atoms with Crippen molar-refractivity contribution in [3.63, 3.8) is 0 Å². The summed E-state index contributed by atoms with van der Waals surface area (Å²) in [7, 11) is 0. The molecule has 0 aromatic heterocycles. The van der Waals surface area contributed by atoms with Gasteiger partial charge in [0, 0.05) is 0 Å². The van der Waals surface area contributed by atoms with E-state index in [1.54, 1.807) is 0 Å². The van der Waals surface area contributed by atoms with Gasteiger partial charge in [-0.25, -0.2) is 0 Å². The van der Waals surface area contributed by atoms with Crippen LogP contribution in [0.15, 0.2) is 0 Å². The second-order valence-corrected chi connectivity index (χ2v) is 6.64. The van der Waals surface area contributed by atoms with Gasteiger partial charge in [-0.3, -0.25) is 0 Å². The van der Waals surface area contributed by atoms with E-state index in [0.717, 1.165) is 0 Å². The highest BCUT2D eigenvalue weighted by Gasteiger charge is 2.24. The normalized spacial score (nSPS) is 21.9. The summed E-state index contributed by atoms with van der Waals surface area (Å²) in [6.45, 7) is 4.46. The lowest BCUT2D eigenvalue weighted by Crippen LogP contribution is -2.34. The van der Waals surface area contributed by atoms with Crippen LogP contribution in [0.4, 0.5) is 0 Å². The molecule has 2 unspecified atom stereocenters. The van der Waals surface area contributed by atoms with Crippen LogP contribution in [0.5, 0.6) is 0 Å². The fourth-order valence-electron chi connectivity index (χ4n) is 3.10. The fraction of sp³-hybridized carbons (Fsp3) is 0.947. The summed E-state index contributed by atoms with van der Waals surface area (Å²) in [5.74, 6) is 0. The maximum absolute atomic E-state index is 5.64. The summed E-state index contributed by atoms with van der Waals surface area (Å²) >= 11 is 0. The van der Waals surface area contributed by atoms with E-state index in [0.29, 0.717) is 12.2 Å². The van der Waals surface area contributed by atoms with Crippen molar-refractivity contribution in [1.82, 2.24) is 0 Å². The number of unbranched alkanes of at least 4 members (excludes halogenated alkanes) is 12. The second-order valence-electron chi connectivity index (χ2n) is 6.64. The molecule has 1 fully saturated rings. The van der Waals surface area contributed by atoms with E-state index in [1.807, 2.05) is 0 Å². The molecule has 1 nitrogen and oxygen atoms in total. The third-order valence-corrected chi connectivity index (χ3v) is 4.47. The van der Waals surface area contributed by atoms with E-state index < -0.39 is 0 Å². The van der Waals surface area contributed by atoms with Crippen molar-refractivity contribution in [3.8, 4) is 0 Å². The molecule has 119 valence electrons. The maximum Gasteiger partial charge on any atom is 0.0603 e. The summed E-state index contributed by atoms with van der Waals surface area (Å²) in [6, 6.07) is 0. The van der Waals surface area contributed by atoms with E-state index >= 15 is 0 Å². The highest BCUT2D eigenvalue weighted by atomic mass is 16.5. The summed E-state index contributed by atoms with van der Waals surface area (Å²) in [5, 5.41) is 0. The van der Waals surface area contributed by atoms with E-state index in [9.17, 15) is 0 Å². The van der Waals surface area contributed by atoms with Crippen molar-refractivity contribution in [2.75, 3.05) is 0 Å². The van der Waals surface area contributed by atoms with Gasteiger partial charge in [-0.05, 0) is 26.2 Å². The Kier molecular flexibility index (Phi) is 11.4. The van der Waals surface area contributed by atoms with Crippen LogP contribution < -0.4 is 0 Å². The Balaban J connectivity index is 1.64. The largest absolute Gasteiger partial charge is 0.375 e. The maximum atomic E-state index is 5.64. The topological polar surface area (TPSA) is 9.23 Å². The smallest absolute Gasteiger partial charge is 0.0603 e. The number of hydrogen-bond donors (Lipinski definition) is 0. The molecule has 1 rings (SSSR count). The molecule has 0 N–H and O–H groups in total. The van der Waals surface area contributed by atoms with Crippen molar-refractivity contribution >= 4 is 0 Å². The molecular weight excluding hydrogens is 244 g/mol. The van der Waals surface area contributed by atoms with Gasteiger partial charge in [0.2, 0.25) is 0 Å². The minimum absolute atomic E-state index is 0.538. The van der Waals surface area contributed by atoms with E-state index in [2.05, 4.69) is 20.3 Å². The van der Waals surface area contributed by atoms with Gasteiger partial charge >= 0.3 is 0 Å². The highest BCUT2D eigenvalue weighted by molar-refractivity contribution is 4.73. The van der Waals surface area contributed by atoms with Gasteiger partial charge in [-0.1, -0.05) is 84.0 Å². The van der Waals surface area contributed by atoms with Crippen molar-refractivity contribution in [1.29, 1.82) is 0 Å². The van der Waals surface area contributed by atoms with Crippen LogP contribution in [0.3, 0.4) is 0 Å². The van der Waals surface area contributed by atoms with Gasteiger partial charge in [0.15, 0.2) is 0 Å². The lowest BCUT2D eigenvalue weighted by molar-refractivity contribution is -0.117.